The van der Waals surface area contributed by atoms with E-state index in [1.165, 1.54) is 0 Å². The zero-order chi connectivity index (χ0) is 13.3. The van der Waals surface area contributed by atoms with Crippen LogP contribution in [0, 0.1) is 5.92 Å². The average molecular weight is 243 g/mol. The predicted octanol–water partition coefficient (Wildman–Crippen LogP) is 1.71. The topological polar surface area (TPSA) is 83.5 Å². The van der Waals surface area contributed by atoms with E-state index in [4.69, 9.17) is 5.11 Å². The third-order valence-corrected chi connectivity index (χ3v) is 2.52. The summed E-state index contributed by atoms with van der Waals surface area (Å²) in [7, 11) is 0. The number of amides is 2. The molecule has 1 aliphatic heterocycles. The maximum Gasteiger partial charge on any atom is 0.306 e. The maximum absolute atomic E-state index is 10.3. The van der Waals surface area contributed by atoms with Gasteiger partial charge < -0.3 is 5.11 Å². The summed E-state index contributed by atoms with van der Waals surface area (Å²) in [6, 6.07) is 0. The van der Waals surface area contributed by atoms with Gasteiger partial charge in [-0.25, -0.2) is 0 Å². The Kier molecular flexibility index (Phi) is 8.01. The molecule has 1 aliphatic rings. The van der Waals surface area contributed by atoms with Crippen molar-refractivity contribution in [1.82, 2.24) is 5.32 Å². The van der Waals surface area contributed by atoms with E-state index in [2.05, 4.69) is 12.2 Å². The molecule has 0 aromatic heterocycles. The lowest BCUT2D eigenvalue weighted by Crippen LogP contribution is -2.18. The van der Waals surface area contributed by atoms with Gasteiger partial charge in [-0.05, 0) is 6.42 Å². The van der Waals surface area contributed by atoms with Crippen LogP contribution in [0.2, 0.25) is 0 Å². The van der Waals surface area contributed by atoms with Gasteiger partial charge in [-0.2, -0.15) is 0 Å². The molecule has 2 N–H and O–H groups in total. The lowest BCUT2D eigenvalue weighted by Gasteiger charge is -2.03. The second kappa shape index (κ2) is 8.73. The van der Waals surface area contributed by atoms with Gasteiger partial charge in [-0.1, -0.05) is 33.1 Å². The van der Waals surface area contributed by atoms with E-state index in [0.29, 0.717) is 12.8 Å². The fraction of sp³-hybridized carbons (Fsp3) is 0.750. The van der Waals surface area contributed by atoms with Crippen molar-refractivity contribution >= 4 is 17.8 Å². The Balaban J connectivity index is 0.000000318. The molecule has 1 saturated heterocycles. The van der Waals surface area contributed by atoms with Crippen LogP contribution in [-0.4, -0.2) is 22.9 Å². The SMILES string of the molecule is CCCCCC(C)C(=O)O.O=C1CCC(=O)N1. The Hall–Kier alpha value is -1.39. The maximum atomic E-state index is 10.3. The number of nitrogens with one attached hydrogen (secondary N) is 1. The molecular formula is C12H21NO4. The molecule has 0 aromatic carbocycles. The minimum Gasteiger partial charge on any atom is -0.481 e. The lowest BCUT2D eigenvalue weighted by molar-refractivity contribution is -0.141. The Morgan fingerprint density at radius 2 is 1.82 bits per heavy atom. The van der Waals surface area contributed by atoms with Crippen molar-refractivity contribution in [2.45, 2.75) is 52.4 Å². The number of carboxylic acids is 1. The molecule has 0 aromatic rings. The molecule has 1 unspecified atom stereocenters. The van der Waals surface area contributed by atoms with Gasteiger partial charge in [0.25, 0.3) is 0 Å². The first kappa shape index (κ1) is 15.6. The molecule has 98 valence electrons. The summed E-state index contributed by atoms with van der Waals surface area (Å²) < 4.78 is 0. The first-order valence-electron chi connectivity index (χ1n) is 6.02. The van der Waals surface area contributed by atoms with Crippen LogP contribution in [0.3, 0.4) is 0 Å². The number of carbonyl (C=O) groups is 3. The Morgan fingerprint density at radius 3 is 2.12 bits per heavy atom. The van der Waals surface area contributed by atoms with Crippen molar-refractivity contribution in [3.05, 3.63) is 0 Å². The number of hydrogen-bond acceptors (Lipinski definition) is 3. The van der Waals surface area contributed by atoms with Gasteiger partial charge in [-0.3, -0.25) is 19.7 Å². The number of aliphatic carboxylic acids is 1. The minimum absolute atomic E-state index is 0.148. The highest BCUT2D eigenvalue weighted by Crippen LogP contribution is 2.08. The molecule has 5 nitrogen and oxygen atoms in total. The fourth-order valence-corrected chi connectivity index (χ4v) is 1.33. The predicted molar refractivity (Wildman–Crippen MR) is 63.3 cm³/mol. The second-order valence-corrected chi connectivity index (χ2v) is 4.21. The van der Waals surface area contributed by atoms with Gasteiger partial charge in [0.05, 0.1) is 5.92 Å². The second-order valence-electron chi connectivity index (χ2n) is 4.21. The van der Waals surface area contributed by atoms with Crippen molar-refractivity contribution in [3.63, 3.8) is 0 Å². The summed E-state index contributed by atoms with van der Waals surface area (Å²) in [6.07, 6.45) is 4.93. The highest BCUT2D eigenvalue weighted by molar-refractivity contribution is 6.01. The van der Waals surface area contributed by atoms with Crippen LogP contribution >= 0.6 is 0 Å². The van der Waals surface area contributed by atoms with Crippen molar-refractivity contribution < 1.29 is 19.5 Å². The molecular weight excluding hydrogens is 222 g/mol. The van der Waals surface area contributed by atoms with Gasteiger partial charge in [0.15, 0.2) is 0 Å². The number of carboxylic acid groups (broad SMARTS) is 1. The van der Waals surface area contributed by atoms with Crippen molar-refractivity contribution in [2.75, 3.05) is 0 Å². The normalized spacial score (nSPS) is 15.9. The third-order valence-electron chi connectivity index (χ3n) is 2.52. The summed E-state index contributed by atoms with van der Waals surface area (Å²) in [5, 5.41) is 10.6. The van der Waals surface area contributed by atoms with Crippen LogP contribution < -0.4 is 5.32 Å². The number of imide groups is 1. The average Bonchev–Trinajstić information content (AvgIpc) is 2.63. The zero-order valence-corrected chi connectivity index (χ0v) is 10.5. The van der Waals surface area contributed by atoms with Crippen LogP contribution in [0.5, 0.6) is 0 Å². The molecule has 1 heterocycles. The highest BCUT2D eigenvalue weighted by Gasteiger charge is 2.15. The zero-order valence-electron chi connectivity index (χ0n) is 10.5. The van der Waals surface area contributed by atoms with Crippen LogP contribution in [0.4, 0.5) is 0 Å². The van der Waals surface area contributed by atoms with E-state index < -0.39 is 5.97 Å². The highest BCUT2D eigenvalue weighted by atomic mass is 16.4. The molecule has 0 bridgehead atoms. The van der Waals surface area contributed by atoms with E-state index in [0.717, 1.165) is 25.7 Å². The van der Waals surface area contributed by atoms with E-state index in [1.807, 2.05) is 0 Å². The standard InChI is InChI=1S/C8H16O2.C4H5NO2/c1-3-4-5-6-7(2)8(9)10;6-3-1-2-4(7)5-3/h7H,3-6H2,1-2H3,(H,9,10);1-2H2,(H,5,6,7). The van der Waals surface area contributed by atoms with Crippen molar-refractivity contribution in [1.29, 1.82) is 0 Å². The summed E-state index contributed by atoms with van der Waals surface area (Å²) in [5.74, 6) is -1.13. The molecule has 2 amide bonds. The molecule has 1 atom stereocenters. The summed E-state index contributed by atoms with van der Waals surface area (Å²) >= 11 is 0. The third kappa shape index (κ3) is 8.42. The Bertz CT molecular complexity index is 262. The first-order valence-corrected chi connectivity index (χ1v) is 6.02. The lowest BCUT2D eigenvalue weighted by atomic mass is 10.0. The van der Waals surface area contributed by atoms with E-state index in [9.17, 15) is 14.4 Å². The van der Waals surface area contributed by atoms with Gasteiger partial charge in [-0.15, -0.1) is 0 Å². The number of carbonyl (C=O) groups excluding carboxylic acids is 2. The summed E-state index contributed by atoms with van der Waals surface area (Å²) in [6.45, 7) is 3.88. The fourth-order valence-electron chi connectivity index (χ4n) is 1.33. The number of rotatable bonds is 5. The Labute approximate surface area is 102 Å². The van der Waals surface area contributed by atoms with E-state index in [1.54, 1.807) is 6.92 Å². The summed E-state index contributed by atoms with van der Waals surface area (Å²) in [4.78, 5) is 30.5. The summed E-state index contributed by atoms with van der Waals surface area (Å²) in [5.41, 5.74) is 0. The first-order chi connectivity index (χ1) is 7.97. The van der Waals surface area contributed by atoms with Gasteiger partial charge in [0.2, 0.25) is 11.8 Å². The largest absolute Gasteiger partial charge is 0.481 e. The molecule has 17 heavy (non-hydrogen) atoms. The van der Waals surface area contributed by atoms with Gasteiger partial charge in [0.1, 0.15) is 0 Å². The monoisotopic (exact) mass is 243 g/mol. The van der Waals surface area contributed by atoms with Crippen LogP contribution in [-0.2, 0) is 14.4 Å². The van der Waals surface area contributed by atoms with Crippen LogP contribution in [0.25, 0.3) is 0 Å². The van der Waals surface area contributed by atoms with Gasteiger partial charge >= 0.3 is 5.97 Å². The van der Waals surface area contributed by atoms with Gasteiger partial charge in [0, 0.05) is 12.8 Å². The smallest absolute Gasteiger partial charge is 0.306 e. The molecule has 0 aliphatic carbocycles. The van der Waals surface area contributed by atoms with Crippen LogP contribution in [0.1, 0.15) is 52.4 Å². The Morgan fingerprint density at radius 1 is 1.29 bits per heavy atom. The molecule has 0 radical (unpaired) electrons. The molecule has 0 spiro atoms. The van der Waals surface area contributed by atoms with Crippen molar-refractivity contribution in [2.24, 2.45) is 5.92 Å². The molecule has 1 rings (SSSR count). The minimum atomic E-state index is -0.670. The van der Waals surface area contributed by atoms with E-state index in [-0.39, 0.29) is 17.7 Å². The molecule has 0 saturated carbocycles. The number of hydrogen-bond donors (Lipinski definition) is 2. The van der Waals surface area contributed by atoms with Crippen LogP contribution in [0.15, 0.2) is 0 Å². The quantitative estimate of drug-likeness (QED) is 0.568. The van der Waals surface area contributed by atoms with E-state index >= 15 is 0 Å². The number of unbranched alkanes of at least 4 members (excludes halogenated alkanes) is 2. The van der Waals surface area contributed by atoms with Crippen molar-refractivity contribution in [3.8, 4) is 0 Å². The molecule has 5 heteroatoms. The molecule has 1 fully saturated rings.